The lowest BCUT2D eigenvalue weighted by molar-refractivity contribution is -0.146. The summed E-state index contributed by atoms with van der Waals surface area (Å²) in [6.07, 6.45) is 10.5. The quantitative estimate of drug-likeness (QED) is 0.929. The molecule has 0 radical (unpaired) electrons. The minimum absolute atomic E-state index is 0.0207. The average Bonchev–Trinajstić information content (AvgIpc) is 3.03. The molecule has 1 atom stereocenters. The summed E-state index contributed by atoms with van der Waals surface area (Å²) in [5, 5.41) is 3.43. The summed E-state index contributed by atoms with van der Waals surface area (Å²) in [7, 11) is 0. The minimum atomic E-state index is -0.0207. The molecule has 0 aromatic carbocycles. The van der Waals surface area contributed by atoms with Crippen molar-refractivity contribution >= 4 is 11.7 Å². The van der Waals surface area contributed by atoms with Crippen molar-refractivity contribution in [3.05, 3.63) is 24.4 Å². The summed E-state index contributed by atoms with van der Waals surface area (Å²) in [5.41, 5.74) is -0.0207. The molecular weight excluding hydrogens is 298 g/mol. The largest absolute Gasteiger partial charge is 0.354 e. The molecule has 6 rings (SSSR count). The van der Waals surface area contributed by atoms with Gasteiger partial charge >= 0.3 is 0 Å². The van der Waals surface area contributed by atoms with E-state index in [2.05, 4.69) is 21.3 Å². The molecule has 1 aromatic heterocycles. The van der Waals surface area contributed by atoms with Crippen molar-refractivity contribution in [1.29, 1.82) is 0 Å². The first-order chi connectivity index (χ1) is 11.7. The van der Waals surface area contributed by atoms with Crippen LogP contribution < -0.4 is 10.2 Å². The lowest BCUT2D eigenvalue weighted by Gasteiger charge is -2.55. The third-order valence-electron chi connectivity index (χ3n) is 7.02. The Balaban J connectivity index is 1.25. The van der Waals surface area contributed by atoms with Gasteiger partial charge in [0.2, 0.25) is 5.91 Å². The Kier molecular flexibility index (Phi) is 3.36. The second-order valence-corrected chi connectivity index (χ2v) is 8.79. The smallest absolute Gasteiger partial charge is 0.226 e. The van der Waals surface area contributed by atoms with Crippen LogP contribution in [-0.4, -0.2) is 30.0 Å². The highest BCUT2D eigenvalue weighted by atomic mass is 16.2. The molecule has 4 nitrogen and oxygen atoms in total. The van der Waals surface area contributed by atoms with Gasteiger partial charge in [-0.1, -0.05) is 6.07 Å². The van der Waals surface area contributed by atoms with Gasteiger partial charge in [0.25, 0.3) is 0 Å². The van der Waals surface area contributed by atoms with E-state index in [0.29, 0.717) is 5.91 Å². The normalized spacial score (nSPS) is 40.1. The Morgan fingerprint density at radius 2 is 1.83 bits per heavy atom. The lowest BCUT2D eigenvalue weighted by Crippen LogP contribution is -2.55. The Hall–Kier alpha value is -1.58. The summed E-state index contributed by atoms with van der Waals surface area (Å²) >= 11 is 0. The summed E-state index contributed by atoms with van der Waals surface area (Å²) in [4.78, 5) is 19.9. The van der Waals surface area contributed by atoms with E-state index in [9.17, 15) is 4.79 Å². The van der Waals surface area contributed by atoms with Crippen LogP contribution >= 0.6 is 0 Å². The minimum Gasteiger partial charge on any atom is -0.354 e. The zero-order valence-corrected chi connectivity index (χ0v) is 14.3. The standard InChI is InChI=1S/C20H27N3O/c24-19(20-10-14-7-15(11-20)9-16(8-14)12-20)22-17-4-6-23(13-17)18-3-1-2-5-21-18/h1-3,5,14-17H,4,6-13H2,(H,22,24). The van der Waals surface area contributed by atoms with E-state index in [0.717, 1.165) is 62.3 Å². The van der Waals surface area contributed by atoms with Crippen LogP contribution in [0.1, 0.15) is 44.9 Å². The first kappa shape index (κ1) is 14.7. The van der Waals surface area contributed by atoms with Crippen LogP contribution in [0, 0.1) is 23.2 Å². The van der Waals surface area contributed by atoms with E-state index in [4.69, 9.17) is 0 Å². The summed E-state index contributed by atoms with van der Waals surface area (Å²) in [5.74, 6) is 3.89. The number of carbonyl (C=O) groups is 1. The maximum atomic E-state index is 13.2. The highest BCUT2D eigenvalue weighted by Crippen LogP contribution is 2.60. The molecule has 4 saturated carbocycles. The predicted molar refractivity (Wildman–Crippen MR) is 93.6 cm³/mol. The van der Waals surface area contributed by atoms with Gasteiger partial charge in [-0.3, -0.25) is 4.79 Å². The number of carbonyl (C=O) groups excluding carboxylic acids is 1. The van der Waals surface area contributed by atoms with Gasteiger partial charge in [0.1, 0.15) is 5.82 Å². The molecule has 4 heteroatoms. The highest BCUT2D eigenvalue weighted by molar-refractivity contribution is 5.83. The van der Waals surface area contributed by atoms with E-state index in [1.165, 1.54) is 19.3 Å². The molecule has 4 bridgehead atoms. The summed E-state index contributed by atoms with van der Waals surface area (Å²) in [6, 6.07) is 6.33. The number of aromatic nitrogens is 1. The predicted octanol–water partition coefficient (Wildman–Crippen LogP) is 2.99. The molecule has 1 aliphatic heterocycles. The van der Waals surface area contributed by atoms with E-state index >= 15 is 0 Å². The molecule has 1 unspecified atom stereocenters. The van der Waals surface area contributed by atoms with E-state index < -0.39 is 0 Å². The summed E-state index contributed by atoms with van der Waals surface area (Å²) in [6.45, 7) is 1.89. The number of amides is 1. The van der Waals surface area contributed by atoms with Crippen molar-refractivity contribution in [3.8, 4) is 0 Å². The van der Waals surface area contributed by atoms with Crippen molar-refractivity contribution < 1.29 is 4.79 Å². The SMILES string of the molecule is O=C(NC1CCN(c2ccccn2)C1)C12CC3CC(CC(C3)C1)C2. The van der Waals surface area contributed by atoms with Gasteiger partial charge in [0, 0.05) is 30.7 Å². The van der Waals surface area contributed by atoms with E-state index in [1.54, 1.807) is 0 Å². The monoisotopic (exact) mass is 325 g/mol. The highest BCUT2D eigenvalue weighted by Gasteiger charge is 2.54. The number of nitrogens with zero attached hydrogens (tertiary/aromatic N) is 2. The van der Waals surface area contributed by atoms with Gasteiger partial charge in [-0.25, -0.2) is 4.98 Å². The Bertz CT molecular complexity index is 594. The Morgan fingerprint density at radius 3 is 2.46 bits per heavy atom. The average molecular weight is 325 g/mol. The van der Waals surface area contributed by atoms with Crippen LogP contribution in [0.25, 0.3) is 0 Å². The summed E-state index contributed by atoms with van der Waals surface area (Å²) < 4.78 is 0. The maximum absolute atomic E-state index is 13.2. The fraction of sp³-hybridized carbons (Fsp3) is 0.700. The van der Waals surface area contributed by atoms with Crippen molar-refractivity contribution in [1.82, 2.24) is 10.3 Å². The second-order valence-electron chi connectivity index (χ2n) is 8.79. The van der Waals surface area contributed by atoms with Gasteiger partial charge in [0.15, 0.2) is 0 Å². The van der Waals surface area contributed by atoms with Gasteiger partial charge in [-0.2, -0.15) is 0 Å². The van der Waals surface area contributed by atoms with Gasteiger partial charge < -0.3 is 10.2 Å². The number of anilines is 1. The molecule has 24 heavy (non-hydrogen) atoms. The molecule has 1 aromatic rings. The van der Waals surface area contributed by atoms with Crippen molar-refractivity contribution in [3.63, 3.8) is 0 Å². The Morgan fingerprint density at radius 1 is 1.12 bits per heavy atom. The topological polar surface area (TPSA) is 45.2 Å². The zero-order chi connectivity index (χ0) is 16.1. The molecule has 5 fully saturated rings. The van der Waals surface area contributed by atoms with E-state index in [1.807, 2.05) is 18.3 Å². The first-order valence-electron chi connectivity index (χ1n) is 9.67. The number of pyridine rings is 1. The molecule has 1 amide bonds. The molecule has 1 N–H and O–H groups in total. The van der Waals surface area contributed by atoms with Crippen LogP contribution in [-0.2, 0) is 4.79 Å². The Labute approximate surface area is 144 Å². The van der Waals surface area contributed by atoms with E-state index in [-0.39, 0.29) is 11.5 Å². The second kappa shape index (κ2) is 5.47. The van der Waals surface area contributed by atoms with Gasteiger partial charge in [-0.15, -0.1) is 0 Å². The molecule has 4 aliphatic carbocycles. The van der Waals surface area contributed by atoms with Crippen molar-refractivity contribution in [2.24, 2.45) is 23.2 Å². The van der Waals surface area contributed by atoms with Gasteiger partial charge in [0.05, 0.1) is 0 Å². The number of hydrogen-bond acceptors (Lipinski definition) is 3. The first-order valence-corrected chi connectivity index (χ1v) is 9.67. The van der Waals surface area contributed by atoms with Gasteiger partial charge in [-0.05, 0) is 74.8 Å². The number of nitrogens with one attached hydrogen (secondary N) is 1. The molecule has 2 heterocycles. The number of rotatable bonds is 3. The van der Waals surface area contributed by atoms with Crippen LogP contribution in [0.2, 0.25) is 0 Å². The zero-order valence-electron chi connectivity index (χ0n) is 14.3. The van der Waals surface area contributed by atoms with Crippen LogP contribution in [0.15, 0.2) is 24.4 Å². The molecule has 128 valence electrons. The van der Waals surface area contributed by atoms with Crippen LogP contribution in [0.4, 0.5) is 5.82 Å². The maximum Gasteiger partial charge on any atom is 0.226 e. The fourth-order valence-electron chi connectivity index (χ4n) is 6.35. The molecule has 0 spiro atoms. The van der Waals surface area contributed by atoms with Crippen molar-refractivity contribution in [2.45, 2.75) is 51.0 Å². The van der Waals surface area contributed by atoms with Crippen molar-refractivity contribution in [2.75, 3.05) is 18.0 Å². The molecule has 1 saturated heterocycles. The van der Waals surface area contributed by atoms with Crippen LogP contribution in [0.3, 0.4) is 0 Å². The number of hydrogen-bond donors (Lipinski definition) is 1. The van der Waals surface area contributed by atoms with Crippen LogP contribution in [0.5, 0.6) is 0 Å². The fourth-order valence-corrected chi connectivity index (χ4v) is 6.35. The third-order valence-corrected chi connectivity index (χ3v) is 7.02. The molecular formula is C20H27N3O. The third kappa shape index (κ3) is 2.42. The molecule has 5 aliphatic rings. The lowest BCUT2D eigenvalue weighted by atomic mass is 9.49.